The average molecular weight is 415 g/mol. The molecular weight excluding hydrogens is 394 g/mol. The Kier molecular flexibility index (Phi) is 5.80. The number of rotatable bonds is 7. The van der Waals surface area contributed by atoms with E-state index in [9.17, 15) is 14.4 Å². The Balaban J connectivity index is 1.40. The Morgan fingerprint density at radius 1 is 0.839 bits per heavy atom. The van der Waals surface area contributed by atoms with Crippen molar-refractivity contribution < 1.29 is 23.9 Å². The first-order chi connectivity index (χ1) is 15.1. The van der Waals surface area contributed by atoms with Gasteiger partial charge >= 0.3 is 5.97 Å². The summed E-state index contributed by atoms with van der Waals surface area (Å²) in [6, 6.07) is 20.5. The van der Waals surface area contributed by atoms with Gasteiger partial charge in [-0.3, -0.25) is 9.59 Å². The summed E-state index contributed by atoms with van der Waals surface area (Å²) in [5, 5.41) is 0. The Bertz CT molecular complexity index is 1100. The van der Waals surface area contributed by atoms with Gasteiger partial charge in [0.1, 0.15) is 11.5 Å². The van der Waals surface area contributed by atoms with E-state index in [0.717, 1.165) is 17.7 Å². The van der Waals surface area contributed by atoms with E-state index in [0.29, 0.717) is 22.6 Å². The third kappa shape index (κ3) is 4.33. The Hall–Kier alpha value is -3.93. The first-order valence-electron chi connectivity index (χ1n) is 10.1. The van der Waals surface area contributed by atoms with Gasteiger partial charge in [-0.25, -0.2) is 9.69 Å². The molecule has 0 N–H and O–H groups in total. The minimum atomic E-state index is -0.586. The predicted octanol–water partition coefficient (Wildman–Crippen LogP) is 4.42. The Morgan fingerprint density at radius 2 is 1.52 bits per heavy atom. The monoisotopic (exact) mass is 415 g/mol. The molecule has 2 amide bonds. The molecule has 0 saturated carbocycles. The fourth-order valence-electron chi connectivity index (χ4n) is 3.45. The van der Waals surface area contributed by atoms with Crippen molar-refractivity contribution in [3.05, 3.63) is 89.5 Å². The average Bonchev–Trinajstić information content (AvgIpc) is 3.04. The molecule has 1 aliphatic rings. The van der Waals surface area contributed by atoms with Gasteiger partial charge in [-0.05, 0) is 48.4 Å². The highest BCUT2D eigenvalue weighted by molar-refractivity contribution is 6.34. The highest BCUT2D eigenvalue weighted by Crippen LogP contribution is 2.30. The quantitative estimate of drug-likeness (QED) is 0.324. The Labute approximate surface area is 180 Å². The van der Waals surface area contributed by atoms with E-state index in [1.807, 2.05) is 24.3 Å². The molecule has 6 heteroatoms. The SMILES string of the molecule is CCCc1ccc(OCC(=O)Oc2cccc(N3C(=O)c4ccccc4C3=O)c2)cc1. The van der Waals surface area contributed by atoms with Crippen molar-refractivity contribution >= 4 is 23.5 Å². The normalized spacial score (nSPS) is 12.6. The number of amides is 2. The van der Waals surface area contributed by atoms with Crippen LogP contribution in [-0.2, 0) is 11.2 Å². The maximum absolute atomic E-state index is 12.6. The van der Waals surface area contributed by atoms with Crippen molar-refractivity contribution in [2.45, 2.75) is 19.8 Å². The third-order valence-corrected chi connectivity index (χ3v) is 4.92. The molecule has 0 unspecified atom stereocenters. The summed E-state index contributed by atoms with van der Waals surface area (Å²) in [6.07, 6.45) is 2.05. The molecular formula is C25H21NO5. The molecule has 156 valence electrons. The number of hydrogen-bond acceptors (Lipinski definition) is 5. The van der Waals surface area contributed by atoms with E-state index in [1.54, 1.807) is 42.5 Å². The molecule has 3 aromatic carbocycles. The van der Waals surface area contributed by atoms with Crippen LogP contribution >= 0.6 is 0 Å². The summed E-state index contributed by atoms with van der Waals surface area (Å²) in [5.41, 5.74) is 2.26. The fourth-order valence-corrected chi connectivity index (χ4v) is 3.45. The standard InChI is InChI=1S/C25H21NO5/c1-2-6-17-11-13-19(14-12-17)30-16-23(27)31-20-8-5-7-18(15-20)26-24(28)21-9-3-4-10-22(21)25(26)29/h3-5,7-15H,2,6,16H2,1H3. The lowest BCUT2D eigenvalue weighted by atomic mass is 10.1. The number of benzene rings is 3. The van der Waals surface area contributed by atoms with Gasteiger partial charge in [0.15, 0.2) is 6.61 Å². The van der Waals surface area contributed by atoms with Crippen molar-refractivity contribution in [3.8, 4) is 11.5 Å². The molecule has 0 aliphatic carbocycles. The number of aryl methyl sites for hydroxylation is 1. The summed E-state index contributed by atoms with van der Waals surface area (Å²) in [5.74, 6) is -0.590. The molecule has 0 atom stereocenters. The molecule has 0 fully saturated rings. The first-order valence-corrected chi connectivity index (χ1v) is 10.1. The van der Waals surface area contributed by atoms with Crippen LogP contribution in [0.15, 0.2) is 72.8 Å². The second kappa shape index (κ2) is 8.83. The van der Waals surface area contributed by atoms with E-state index in [-0.39, 0.29) is 12.4 Å². The fraction of sp³-hybridized carbons (Fsp3) is 0.160. The molecule has 0 radical (unpaired) electrons. The van der Waals surface area contributed by atoms with Crippen LogP contribution in [0.25, 0.3) is 0 Å². The van der Waals surface area contributed by atoms with Crippen LogP contribution in [-0.4, -0.2) is 24.4 Å². The highest BCUT2D eigenvalue weighted by Gasteiger charge is 2.36. The van der Waals surface area contributed by atoms with Crippen LogP contribution < -0.4 is 14.4 Å². The van der Waals surface area contributed by atoms with Crippen molar-refractivity contribution in [1.29, 1.82) is 0 Å². The summed E-state index contributed by atoms with van der Waals surface area (Å²) < 4.78 is 10.8. The number of fused-ring (bicyclic) bond motifs is 1. The van der Waals surface area contributed by atoms with Crippen LogP contribution in [0.1, 0.15) is 39.6 Å². The summed E-state index contributed by atoms with van der Waals surface area (Å²) >= 11 is 0. The first kappa shape index (κ1) is 20.3. The van der Waals surface area contributed by atoms with E-state index >= 15 is 0 Å². The van der Waals surface area contributed by atoms with Gasteiger partial charge in [0, 0.05) is 6.07 Å². The second-order valence-electron chi connectivity index (χ2n) is 7.15. The van der Waals surface area contributed by atoms with Gasteiger partial charge in [-0.2, -0.15) is 0 Å². The zero-order valence-corrected chi connectivity index (χ0v) is 17.0. The summed E-state index contributed by atoms with van der Waals surface area (Å²) in [6.45, 7) is 1.86. The lowest BCUT2D eigenvalue weighted by Crippen LogP contribution is -2.29. The maximum atomic E-state index is 12.6. The van der Waals surface area contributed by atoms with Crippen LogP contribution in [0, 0.1) is 0 Å². The molecule has 3 aromatic rings. The van der Waals surface area contributed by atoms with Crippen LogP contribution in [0.4, 0.5) is 5.69 Å². The molecule has 31 heavy (non-hydrogen) atoms. The van der Waals surface area contributed by atoms with Crippen LogP contribution in [0.3, 0.4) is 0 Å². The predicted molar refractivity (Wildman–Crippen MR) is 116 cm³/mol. The Morgan fingerprint density at radius 3 is 2.16 bits per heavy atom. The number of ether oxygens (including phenoxy) is 2. The van der Waals surface area contributed by atoms with E-state index in [4.69, 9.17) is 9.47 Å². The van der Waals surface area contributed by atoms with Gasteiger partial charge in [-0.1, -0.05) is 43.7 Å². The summed E-state index contributed by atoms with van der Waals surface area (Å²) in [4.78, 5) is 38.6. The highest BCUT2D eigenvalue weighted by atomic mass is 16.6. The number of esters is 1. The molecule has 4 rings (SSSR count). The minimum Gasteiger partial charge on any atom is -0.482 e. The third-order valence-electron chi connectivity index (χ3n) is 4.92. The van der Waals surface area contributed by atoms with Gasteiger partial charge in [0.2, 0.25) is 0 Å². The van der Waals surface area contributed by atoms with E-state index in [2.05, 4.69) is 6.92 Å². The van der Waals surface area contributed by atoms with Crippen molar-refractivity contribution in [2.24, 2.45) is 0 Å². The van der Waals surface area contributed by atoms with Crippen LogP contribution in [0.5, 0.6) is 11.5 Å². The summed E-state index contributed by atoms with van der Waals surface area (Å²) in [7, 11) is 0. The lowest BCUT2D eigenvalue weighted by Gasteiger charge is -2.15. The molecule has 1 heterocycles. The van der Waals surface area contributed by atoms with E-state index in [1.165, 1.54) is 11.6 Å². The van der Waals surface area contributed by atoms with Crippen molar-refractivity contribution in [3.63, 3.8) is 0 Å². The largest absolute Gasteiger partial charge is 0.482 e. The maximum Gasteiger partial charge on any atom is 0.349 e. The molecule has 0 aromatic heterocycles. The van der Waals surface area contributed by atoms with Gasteiger partial charge in [0.25, 0.3) is 11.8 Å². The zero-order valence-electron chi connectivity index (χ0n) is 17.0. The molecule has 0 bridgehead atoms. The van der Waals surface area contributed by atoms with Crippen molar-refractivity contribution in [1.82, 2.24) is 0 Å². The molecule has 0 saturated heterocycles. The second-order valence-corrected chi connectivity index (χ2v) is 7.15. The smallest absolute Gasteiger partial charge is 0.349 e. The number of anilines is 1. The number of carbonyl (C=O) groups is 3. The molecule has 1 aliphatic heterocycles. The number of nitrogens with zero attached hydrogens (tertiary/aromatic N) is 1. The van der Waals surface area contributed by atoms with Crippen molar-refractivity contribution in [2.75, 3.05) is 11.5 Å². The number of hydrogen-bond donors (Lipinski definition) is 0. The number of imide groups is 1. The van der Waals surface area contributed by atoms with Gasteiger partial charge < -0.3 is 9.47 Å². The minimum absolute atomic E-state index is 0.223. The van der Waals surface area contributed by atoms with Gasteiger partial charge in [0.05, 0.1) is 16.8 Å². The number of carbonyl (C=O) groups excluding carboxylic acids is 3. The molecule has 6 nitrogen and oxygen atoms in total. The lowest BCUT2D eigenvalue weighted by molar-refractivity contribution is -0.136. The zero-order chi connectivity index (χ0) is 21.8. The van der Waals surface area contributed by atoms with Crippen LogP contribution in [0.2, 0.25) is 0 Å². The molecule has 0 spiro atoms. The van der Waals surface area contributed by atoms with E-state index < -0.39 is 17.8 Å². The van der Waals surface area contributed by atoms with Gasteiger partial charge in [-0.15, -0.1) is 0 Å². The topological polar surface area (TPSA) is 72.9 Å².